The van der Waals surface area contributed by atoms with Crippen molar-refractivity contribution in [3.63, 3.8) is 0 Å². The number of hydrogen-bond donors (Lipinski definition) is 0. The first kappa shape index (κ1) is 12.9. The Bertz CT molecular complexity index is 74.2. The molecule has 0 amide bonds. The zero-order chi connectivity index (χ0) is 9.78. The number of rotatable bonds is 10. The molecule has 0 bridgehead atoms. The molecule has 13 heavy (non-hydrogen) atoms. The summed E-state index contributed by atoms with van der Waals surface area (Å²) in [6, 6.07) is 0. The van der Waals surface area contributed by atoms with E-state index in [0.29, 0.717) is 0 Å². The van der Waals surface area contributed by atoms with Crippen molar-refractivity contribution in [3.05, 3.63) is 0 Å². The smallest absolute Gasteiger partial charge is 0.0700 e. The lowest BCUT2D eigenvalue weighted by molar-refractivity contribution is 0.0512. The average Bonchev–Trinajstić information content (AvgIpc) is 2.16. The normalized spacial score (nSPS) is 10.6. The van der Waals surface area contributed by atoms with Crippen molar-refractivity contribution < 1.29 is 9.47 Å². The molecule has 0 aliphatic carbocycles. The van der Waals surface area contributed by atoms with Crippen LogP contribution in [0.1, 0.15) is 46.0 Å². The summed E-state index contributed by atoms with van der Waals surface area (Å²) in [5.41, 5.74) is 0. The highest BCUT2D eigenvalue weighted by Gasteiger charge is 1.90. The molecule has 0 saturated carbocycles. The van der Waals surface area contributed by atoms with Gasteiger partial charge in [-0.25, -0.2) is 0 Å². The summed E-state index contributed by atoms with van der Waals surface area (Å²) >= 11 is 0. The summed E-state index contributed by atoms with van der Waals surface area (Å²) in [5.74, 6) is 0. The lowest BCUT2D eigenvalue weighted by Gasteiger charge is -2.03. The Morgan fingerprint density at radius 1 is 0.692 bits per heavy atom. The molecular formula is C11H24O2. The number of hydrogen-bond acceptors (Lipinski definition) is 2. The SMILES string of the molecule is CCCCCCCOCCOCC. The van der Waals surface area contributed by atoms with Crippen LogP contribution in [0.25, 0.3) is 0 Å². The van der Waals surface area contributed by atoms with Gasteiger partial charge in [-0.1, -0.05) is 32.6 Å². The summed E-state index contributed by atoms with van der Waals surface area (Å²) in [7, 11) is 0. The van der Waals surface area contributed by atoms with Gasteiger partial charge in [0.25, 0.3) is 0 Å². The quantitative estimate of drug-likeness (QED) is 0.491. The molecule has 80 valence electrons. The molecule has 0 fully saturated rings. The van der Waals surface area contributed by atoms with Gasteiger partial charge in [0.1, 0.15) is 0 Å². The minimum absolute atomic E-state index is 0.742. The van der Waals surface area contributed by atoms with Crippen LogP contribution in [0.3, 0.4) is 0 Å². The van der Waals surface area contributed by atoms with Crippen molar-refractivity contribution in [2.24, 2.45) is 0 Å². The Kier molecular flexibility index (Phi) is 11.8. The second-order valence-electron chi connectivity index (χ2n) is 3.22. The Balaban J connectivity index is 2.76. The summed E-state index contributed by atoms with van der Waals surface area (Å²) < 4.78 is 10.5. The van der Waals surface area contributed by atoms with E-state index >= 15 is 0 Å². The van der Waals surface area contributed by atoms with Crippen LogP contribution in [-0.4, -0.2) is 26.4 Å². The van der Waals surface area contributed by atoms with Crippen molar-refractivity contribution in [1.82, 2.24) is 0 Å². The van der Waals surface area contributed by atoms with E-state index < -0.39 is 0 Å². The molecule has 0 aromatic rings. The number of ether oxygens (including phenoxy) is 2. The van der Waals surface area contributed by atoms with Crippen LogP contribution < -0.4 is 0 Å². The first-order chi connectivity index (χ1) is 6.41. The van der Waals surface area contributed by atoms with Crippen LogP contribution in [0.5, 0.6) is 0 Å². The van der Waals surface area contributed by atoms with Crippen LogP contribution >= 0.6 is 0 Å². The van der Waals surface area contributed by atoms with E-state index in [4.69, 9.17) is 9.47 Å². The molecule has 0 aromatic heterocycles. The monoisotopic (exact) mass is 188 g/mol. The molecule has 0 aliphatic heterocycles. The fourth-order valence-electron chi connectivity index (χ4n) is 1.17. The van der Waals surface area contributed by atoms with E-state index in [0.717, 1.165) is 26.4 Å². The van der Waals surface area contributed by atoms with Crippen LogP contribution in [0.4, 0.5) is 0 Å². The van der Waals surface area contributed by atoms with Gasteiger partial charge in [0.05, 0.1) is 13.2 Å². The largest absolute Gasteiger partial charge is 0.379 e. The van der Waals surface area contributed by atoms with Gasteiger partial charge >= 0.3 is 0 Å². The fourth-order valence-corrected chi connectivity index (χ4v) is 1.17. The van der Waals surface area contributed by atoms with E-state index in [1.54, 1.807) is 0 Å². The standard InChI is InChI=1S/C11H24O2/c1-3-5-6-7-8-9-13-11-10-12-4-2/h3-11H2,1-2H3. The van der Waals surface area contributed by atoms with Gasteiger partial charge in [-0.05, 0) is 13.3 Å². The first-order valence-corrected chi connectivity index (χ1v) is 5.57. The van der Waals surface area contributed by atoms with Crippen LogP contribution in [0, 0.1) is 0 Å². The molecule has 0 spiro atoms. The van der Waals surface area contributed by atoms with Gasteiger partial charge in [-0.3, -0.25) is 0 Å². The lowest BCUT2D eigenvalue weighted by Crippen LogP contribution is -2.04. The van der Waals surface area contributed by atoms with Crippen LogP contribution in [0.2, 0.25) is 0 Å². The minimum atomic E-state index is 0.742. The topological polar surface area (TPSA) is 18.5 Å². The molecule has 0 aliphatic rings. The zero-order valence-electron chi connectivity index (χ0n) is 9.18. The third-order valence-corrected chi connectivity index (χ3v) is 1.97. The van der Waals surface area contributed by atoms with Crippen molar-refractivity contribution in [3.8, 4) is 0 Å². The van der Waals surface area contributed by atoms with Gasteiger partial charge in [0.15, 0.2) is 0 Å². The summed E-state index contributed by atoms with van der Waals surface area (Å²) in [6.45, 7) is 7.42. The summed E-state index contributed by atoms with van der Waals surface area (Å²) in [6.07, 6.45) is 6.53. The second kappa shape index (κ2) is 11.9. The molecule has 0 saturated heterocycles. The molecule has 0 heterocycles. The van der Waals surface area contributed by atoms with Crippen molar-refractivity contribution in [2.75, 3.05) is 26.4 Å². The average molecular weight is 188 g/mol. The molecule has 0 aromatic carbocycles. The van der Waals surface area contributed by atoms with E-state index in [1.807, 2.05) is 6.92 Å². The molecule has 0 rings (SSSR count). The van der Waals surface area contributed by atoms with Crippen LogP contribution in [-0.2, 0) is 9.47 Å². The van der Waals surface area contributed by atoms with Crippen molar-refractivity contribution in [1.29, 1.82) is 0 Å². The maximum absolute atomic E-state index is 5.39. The Morgan fingerprint density at radius 3 is 2.08 bits per heavy atom. The van der Waals surface area contributed by atoms with Gasteiger partial charge < -0.3 is 9.47 Å². The highest BCUT2D eigenvalue weighted by atomic mass is 16.5. The van der Waals surface area contributed by atoms with Crippen LogP contribution in [0.15, 0.2) is 0 Å². The lowest BCUT2D eigenvalue weighted by atomic mass is 10.2. The number of unbranched alkanes of at least 4 members (excludes halogenated alkanes) is 4. The molecule has 0 N–H and O–H groups in total. The van der Waals surface area contributed by atoms with Gasteiger partial charge in [0.2, 0.25) is 0 Å². The maximum Gasteiger partial charge on any atom is 0.0700 e. The molecule has 2 nitrogen and oxygen atoms in total. The third-order valence-electron chi connectivity index (χ3n) is 1.97. The van der Waals surface area contributed by atoms with Gasteiger partial charge in [-0.2, -0.15) is 0 Å². The fraction of sp³-hybridized carbons (Fsp3) is 1.00. The molecule has 0 unspecified atom stereocenters. The minimum Gasteiger partial charge on any atom is -0.379 e. The summed E-state index contributed by atoms with van der Waals surface area (Å²) in [5, 5.41) is 0. The molecular weight excluding hydrogens is 164 g/mol. The molecule has 0 atom stereocenters. The Hall–Kier alpha value is -0.0800. The van der Waals surface area contributed by atoms with Crippen molar-refractivity contribution in [2.45, 2.75) is 46.0 Å². The highest BCUT2D eigenvalue weighted by Crippen LogP contribution is 2.01. The second-order valence-corrected chi connectivity index (χ2v) is 3.22. The van der Waals surface area contributed by atoms with Gasteiger partial charge in [-0.15, -0.1) is 0 Å². The molecule has 0 radical (unpaired) electrons. The predicted octanol–water partition coefficient (Wildman–Crippen LogP) is 3.01. The van der Waals surface area contributed by atoms with Gasteiger partial charge in [0, 0.05) is 13.2 Å². The Labute approximate surface area is 82.6 Å². The summed E-state index contributed by atoms with van der Waals surface area (Å²) in [4.78, 5) is 0. The third kappa shape index (κ3) is 11.9. The van der Waals surface area contributed by atoms with E-state index in [-0.39, 0.29) is 0 Å². The zero-order valence-corrected chi connectivity index (χ0v) is 9.18. The Morgan fingerprint density at radius 2 is 1.38 bits per heavy atom. The first-order valence-electron chi connectivity index (χ1n) is 5.57. The van der Waals surface area contributed by atoms with Crippen molar-refractivity contribution >= 4 is 0 Å². The highest BCUT2D eigenvalue weighted by molar-refractivity contribution is 4.41. The van der Waals surface area contributed by atoms with E-state index in [1.165, 1.54) is 32.1 Å². The van der Waals surface area contributed by atoms with E-state index in [9.17, 15) is 0 Å². The molecule has 2 heteroatoms. The maximum atomic E-state index is 5.39. The van der Waals surface area contributed by atoms with E-state index in [2.05, 4.69) is 6.92 Å². The predicted molar refractivity (Wildman–Crippen MR) is 56.1 cm³/mol.